The molecule has 0 saturated carbocycles. The fraction of sp³-hybridized carbons (Fsp3) is 0.278. The molecule has 25 heavy (non-hydrogen) atoms. The average Bonchev–Trinajstić information content (AvgIpc) is 2.94. The number of benzene rings is 1. The van der Waals surface area contributed by atoms with Crippen molar-refractivity contribution in [2.24, 2.45) is 0 Å². The summed E-state index contributed by atoms with van der Waals surface area (Å²) >= 11 is 6.00. The van der Waals surface area contributed by atoms with Crippen LogP contribution in [-0.4, -0.2) is 26.6 Å². The molecule has 3 rings (SSSR count). The van der Waals surface area contributed by atoms with Gasteiger partial charge in [-0.1, -0.05) is 23.7 Å². The third-order valence-corrected chi connectivity index (χ3v) is 4.05. The van der Waals surface area contributed by atoms with E-state index in [4.69, 9.17) is 11.6 Å². The van der Waals surface area contributed by atoms with E-state index in [-0.39, 0.29) is 12.1 Å². The molecule has 0 saturated heterocycles. The van der Waals surface area contributed by atoms with Crippen molar-refractivity contribution < 1.29 is 4.79 Å². The molecular weight excluding hydrogens is 338 g/mol. The van der Waals surface area contributed by atoms with Crippen LogP contribution in [0.4, 0.5) is 10.6 Å². The Morgan fingerprint density at radius 1 is 1.24 bits per heavy atom. The number of anilines is 1. The Morgan fingerprint density at radius 2 is 1.96 bits per heavy atom. The Bertz CT molecular complexity index is 902. The van der Waals surface area contributed by atoms with E-state index in [0.717, 1.165) is 28.7 Å². The van der Waals surface area contributed by atoms with E-state index in [0.29, 0.717) is 10.8 Å². The lowest BCUT2D eigenvalue weighted by Gasteiger charge is -2.11. The van der Waals surface area contributed by atoms with Gasteiger partial charge in [0.05, 0.1) is 5.39 Å². The van der Waals surface area contributed by atoms with Gasteiger partial charge in [-0.15, -0.1) is 0 Å². The second kappa shape index (κ2) is 7.11. The van der Waals surface area contributed by atoms with Gasteiger partial charge in [0.1, 0.15) is 17.8 Å². The SMILES string of the molecule is CCn1cc(-c2ccc(Cl)cc2)c2c(NC(=O)NC(C)C)ncnc21. The molecule has 2 amide bonds. The summed E-state index contributed by atoms with van der Waals surface area (Å²) in [5.41, 5.74) is 2.72. The number of aromatic nitrogens is 3. The maximum atomic E-state index is 12.1. The molecule has 0 aliphatic heterocycles. The smallest absolute Gasteiger partial charge is 0.320 e. The van der Waals surface area contributed by atoms with E-state index in [1.54, 1.807) is 0 Å². The number of nitrogens with zero attached hydrogens (tertiary/aromatic N) is 3. The molecular formula is C18H20ClN5O. The maximum absolute atomic E-state index is 12.1. The summed E-state index contributed by atoms with van der Waals surface area (Å²) in [7, 11) is 0. The second-order valence-corrected chi connectivity index (χ2v) is 6.45. The van der Waals surface area contributed by atoms with Gasteiger partial charge in [0.25, 0.3) is 0 Å². The van der Waals surface area contributed by atoms with E-state index in [9.17, 15) is 4.79 Å². The molecule has 0 radical (unpaired) electrons. The van der Waals surface area contributed by atoms with E-state index >= 15 is 0 Å². The number of halogens is 1. The zero-order valence-corrected chi connectivity index (χ0v) is 15.1. The first-order chi connectivity index (χ1) is 12.0. The first-order valence-corrected chi connectivity index (χ1v) is 8.54. The summed E-state index contributed by atoms with van der Waals surface area (Å²) in [6, 6.07) is 7.32. The van der Waals surface area contributed by atoms with Gasteiger partial charge in [-0.05, 0) is 38.5 Å². The van der Waals surface area contributed by atoms with Crippen molar-refractivity contribution in [3.05, 3.63) is 41.8 Å². The Morgan fingerprint density at radius 3 is 2.60 bits per heavy atom. The Hall–Kier alpha value is -2.60. The number of amides is 2. The molecule has 3 aromatic rings. The van der Waals surface area contributed by atoms with Crippen LogP contribution >= 0.6 is 11.6 Å². The molecule has 0 bridgehead atoms. The number of fused-ring (bicyclic) bond motifs is 1. The number of carbonyl (C=O) groups is 1. The number of aryl methyl sites for hydroxylation is 1. The highest BCUT2D eigenvalue weighted by Crippen LogP contribution is 2.34. The molecule has 2 heterocycles. The second-order valence-electron chi connectivity index (χ2n) is 6.01. The first-order valence-electron chi connectivity index (χ1n) is 8.17. The van der Waals surface area contributed by atoms with Crippen LogP contribution in [-0.2, 0) is 6.54 Å². The third kappa shape index (κ3) is 3.58. The zero-order valence-electron chi connectivity index (χ0n) is 14.4. The number of hydrogen-bond acceptors (Lipinski definition) is 3. The molecule has 7 heteroatoms. The normalized spacial score (nSPS) is 11.1. The topological polar surface area (TPSA) is 71.8 Å². The fourth-order valence-corrected chi connectivity index (χ4v) is 2.84. The molecule has 0 aliphatic carbocycles. The monoisotopic (exact) mass is 357 g/mol. The van der Waals surface area contributed by atoms with Gasteiger partial charge in [0, 0.05) is 29.4 Å². The van der Waals surface area contributed by atoms with Gasteiger partial charge in [-0.3, -0.25) is 5.32 Å². The molecule has 0 unspecified atom stereocenters. The molecule has 2 N–H and O–H groups in total. The standard InChI is InChI=1S/C18H20ClN5O/c1-4-24-9-14(12-5-7-13(19)8-6-12)15-16(20-10-21-17(15)24)23-18(25)22-11(2)3/h5-11H,4H2,1-3H3,(H2,20,21,22,23,25). The van der Waals surface area contributed by atoms with Crippen molar-refractivity contribution in [1.82, 2.24) is 19.9 Å². The third-order valence-electron chi connectivity index (χ3n) is 3.80. The van der Waals surface area contributed by atoms with E-state index in [1.165, 1.54) is 6.33 Å². The lowest BCUT2D eigenvalue weighted by molar-refractivity contribution is 0.250. The van der Waals surface area contributed by atoms with Gasteiger partial charge in [0.2, 0.25) is 0 Å². The van der Waals surface area contributed by atoms with Crippen LogP contribution in [0, 0.1) is 0 Å². The average molecular weight is 358 g/mol. The molecule has 130 valence electrons. The highest BCUT2D eigenvalue weighted by molar-refractivity contribution is 6.30. The van der Waals surface area contributed by atoms with Crippen LogP contribution in [0.5, 0.6) is 0 Å². The van der Waals surface area contributed by atoms with Crippen LogP contribution < -0.4 is 10.6 Å². The number of rotatable bonds is 4. The predicted molar refractivity (Wildman–Crippen MR) is 101 cm³/mol. The van der Waals surface area contributed by atoms with Crippen molar-refractivity contribution in [2.75, 3.05) is 5.32 Å². The zero-order chi connectivity index (χ0) is 18.0. The van der Waals surface area contributed by atoms with Crippen LogP contribution in [0.2, 0.25) is 5.02 Å². The number of nitrogens with one attached hydrogen (secondary N) is 2. The molecule has 1 aromatic carbocycles. The first kappa shape index (κ1) is 17.2. The van der Waals surface area contributed by atoms with Gasteiger partial charge in [0.15, 0.2) is 0 Å². The highest BCUT2D eigenvalue weighted by atomic mass is 35.5. The Labute approximate surface area is 151 Å². The van der Waals surface area contributed by atoms with Crippen LogP contribution in [0.1, 0.15) is 20.8 Å². The molecule has 0 fully saturated rings. The number of carbonyl (C=O) groups excluding carboxylic acids is 1. The Kier molecular flexibility index (Phi) is 4.90. The van der Waals surface area contributed by atoms with Crippen LogP contribution in [0.3, 0.4) is 0 Å². The molecule has 0 aliphatic rings. The van der Waals surface area contributed by atoms with Crippen molar-refractivity contribution in [2.45, 2.75) is 33.4 Å². The van der Waals surface area contributed by atoms with Crippen LogP contribution in [0.15, 0.2) is 36.8 Å². The minimum absolute atomic E-state index is 0.0355. The minimum atomic E-state index is -0.290. The quantitative estimate of drug-likeness (QED) is 0.731. The van der Waals surface area contributed by atoms with Gasteiger partial charge in [-0.25, -0.2) is 14.8 Å². The van der Waals surface area contributed by atoms with Crippen molar-refractivity contribution in [3.8, 4) is 11.1 Å². The maximum Gasteiger partial charge on any atom is 0.320 e. The van der Waals surface area contributed by atoms with Crippen molar-refractivity contribution in [1.29, 1.82) is 0 Å². The predicted octanol–water partition coefficient (Wildman–Crippen LogP) is 4.30. The molecule has 0 spiro atoms. The molecule has 2 aromatic heterocycles. The van der Waals surface area contributed by atoms with Crippen LogP contribution in [0.25, 0.3) is 22.2 Å². The molecule has 0 atom stereocenters. The van der Waals surface area contributed by atoms with Crippen molar-refractivity contribution in [3.63, 3.8) is 0 Å². The lowest BCUT2D eigenvalue weighted by Crippen LogP contribution is -2.34. The van der Waals surface area contributed by atoms with Crippen molar-refractivity contribution >= 4 is 34.5 Å². The Balaban J connectivity index is 2.13. The minimum Gasteiger partial charge on any atom is -0.336 e. The van der Waals surface area contributed by atoms with Gasteiger partial charge in [-0.2, -0.15) is 0 Å². The van der Waals surface area contributed by atoms with E-state index in [2.05, 4.69) is 20.6 Å². The largest absolute Gasteiger partial charge is 0.336 e. The van der Waals surface area contributed by atoms with E-state index in [1.807, 2.05) is 55.8 Å². The number of urea groups is 1. The van der Waals surface area contributed by atoms with Gasteiger partial charge >= 0.3 is 6.03 Å². The lowest BCUT2D eigenvalue weighted by atomic mass is 10.1. The molecule has 6 nitrogen and oxygen atoms in total. The highest BCUT2D eigenvalue weighted by Gasteiger charge is 2.17. The fourth-order valence-electron chi connectivity index (χ4n) is 2.71. The van der Waals surface area contributed by atoms with E-state index < -0.39 is 0 Å². The summed E-state index contributed by atoms with van der Waals surface area (Å²) in [4.78, 5) is 20.8. The summed E-state index contributed by atoms with van der Waals surface area (Å²) in [5, 5.41) is 7.13. The summed E-state index contributed by atoms with van der Waals surface area (Å²) in [6.07, 6.45) is 3.49. The number of hydrogen-bond donors (Lipinski definition) is 2. The summed E-state index contributed by atoms with van der Waals surface area (Å²) in [5.74, 6) is 0.486. The summed E-state index contributed by atoms with van der Waals surface area (Å²) in [6.45, 7) is 6.62. The summed E-state index contributed by atoms with van der Waals surface area (Å²) < 4.78 is 2.03. The van der Waals surface area contributed by atoms with Gasteiger partial charge < -0.3 is 9.88 Å².